The molecule has 0 aliphatic carbocycles. The molecule has 1 unspecified atom stereocenters. The number of carbonyl (C=O) groups excluding carboxylic acids is 1. The van der Waals surface area contributed by atoms with E-state index in [2.05, 4.69) is 10.2 Å². The lowest BCUT2D eigenvalue weighted by atomic mass is 10.0. The van der Waals surface area contributed by atoms with Crippen molar-refractivity contribution < 1.29 is 18.3 Å². The van der Waals surface area contributed by atoms with Crippen molar-refractivity contribution in [1.82, 2.24) is 15.1 Å². The zero-order valence-electron chi connectivity index (χ0n) is 12.9. The van der Waals surface area contributed by atoms with Gasteiger partial charge in [-0.2, -0.15) is 5.10 Å². The van der Waals surface area contributed by atoms with Crippen LogP contribution in [-0.2, 0) is 4.74 Å². The van der Waals surface area contributed by atoms with E-state index in [9.17, 15) is 13.6 Å². The fourth-order valence-electron chi connectivity index (χ4n) is 2.98. The van der Waals surface area contributed by atoms with Crippen LogP contribution in [0.15, 0.2) is 18.2 Å². The summed E-state index contributed by atoms with van der Waals surface area (Å²) < 4.78 is 32.3. The largest absolute Gasteiger partial charge is 0.377 e. The Morgan fingerprint density at radius 1 is 1.30 bits per heavy atom. The number of H-pyrrole nitrogens is 1. The second-order valence-corrected chi connectivity index (χ2v) is 5.60. The van der Waals surface area contributed by atoms with E-state index in [4.69, 9.17) is 4.74 Å². The van der Waals surface area contributed by atoms with E-state index in [1.807, 2.05) is 13.8 Å². The number of hydrogen-bond acceptors (Lipinski definition) is 3. The summed E-state index contributed by atoms with van der Waals surface area (Å²) >= 11 is 0. The first-order chi connectivity index (χ1) is 11.0. The summed E-state index contributed by atoms with van der Waals surface area (Å²) in [4.78, 5) is 14.3. The molecule has 23 heavy (non-hydrogen) atoms. The van der Waals surface area contributed by atoms with Crippen molar-refractivity contribution in [1.29, 1.82) is 0 Å². The highest BCUT2D eigenvalue weighted by molar-refractivity contribution is 5.94. The number of hydrogen-bond donors (Lipinski definition) is 1. The van der Waals surface area contributed by atoms with Gasteiger partial charge in [-0.1, -0.05) is 0 Å². The molecule has 1 atom stereocenters. The van der Waals surface area contributed by atoms with Crippen LogP contribution in [0, 0.1) is 25.5 Å². The van der Waals surface area contributed by atoms with Crippen molar-refractivity contribution in [2.24, 2.45) is 0 Å². The molecule has 122 valence electrons. The highest BCUT2D eigenvalue weighted by atomic mass is 19.1. The van der Waals surface area contributed by atoms with Gasteiger partial charge in [0.1, 0.15) is 11.6 Å². The van der Waals surface area contributed by atoms with Gasteiger partial charge in [-0.15, -0.1) is 0 Å². The smallest absolute Gasteiger partial charge is 0.254 e. The molecule has 3 rings (SSSR count). The Bertz CT molecular complexity index is 705. The Morgan fingerprint density at radius 2 is 2.00 bits per heavy atom. The second-order valence-electron chi connectivity index (χ2n) is 5.60. The zero-order chi connectivity index (χ0) is 16.6. The summed E-state index contributed by atoms with van der Waals surface area (Å²) in [6, 6.07) is 2.51. The summed E-state index contributed by atoms with van der Waals surface area (Å²) in [5, 5.41) is 7.04. The van der Waals surface area contributed by atoms with Crippen LogP contribution in [0.1, 0.15) is 33.4 Å². The van der Waals surface area contributed by atoms with Crippen LogP contribution >= 0.6 is 0 Å². The minimum Gasteiger partial charge on any atom is -0.377 e. The molecule has 1 saturated heterocycles. The van der Waals surface area contributed by atoms with E-state index in [0.717, 1.165) is 35.2 Å². The molecule has 1 N–H and O–H groups in total. The number of nitrogens with zero attached hydrogens (tertiary/aromatic N) is 2. The predicted octanol–water partition coefficient (Wildman–Crippen LogP) is 2.52. The lowest BCUT2D eigenvalue weighted by Crippen LogP contribution is -2.43. The van der Waals surface area contributed by atoms with Gasteiger partial charge < -0.3 is 9.64 Å². The van der Waals surface area contributed by atoms with E-state index in [-0.39, 0.29) is 11.6 Å². The van der Waals surface area contributed by atoms with Crippen LogP contribution in [0.25, 0.3) is 0 Å². The number of carbonyl (C=O) groups is 1. The molecule has 7 heteroatoms. The maximum Gasteiger partial charge on any atom is 0.254 e. The zero-order valence-corrected chi connectivity index (χ0v) is 12.9. The molecular weight excluding hydrogens is 304 g/mol. The molecule has 0 spiro atoms. The van der Waals surface area contributed by atoms with Crippen molar-refractivity contribution >= 4 is 5.91 Å². The number of nitrogens with one attached hydrogen (secondary N) is 1. The monoisotopic (exact) mass is 321 g/mol. The fourth-order valence-corrected chi connectivity index (χ4v) is 2.98. The number of aromatic nitrogens is 2. The van der Waals surface area contributed by atoms with E-state index < -0.39 is 17.5 Å². The van der Waals surface area contributed by atoms with Crippen LogP contribution < -0.4 is 0 Å². The third kappa shape index (κ3) is 2.96. The van der Waals surface area contributed by atoms with Crippen molar-refractivity contribution in [3.05, 3.63) is 52.3 Å². The summed E-state index contributed by atoms with van der Waals surface area (Å²) in [5.41, 5.74) is 2.51. The lowest BCUT2D eigenvalue weighted by Gasteiger charge is -2.36. The van der Waals surface area contributed by atoms with Crippen LogP contribution in [-0.4, -0.2) is 40.8 Å². The molecule has 1 amide bonds. The molecule has 0 bridgehead atoms. The Morgan fingerprint density at radius 3 is 2.61 bits per heavy atom. The standard InChI is InChI=1S/C16H17F2N3O2/c1-9-15(10(2)20-19-9)14-8-23-4-3-21(14)16(22)11-5-12(17)7-13(18)6-11/h5-7,14H,3-4,8H2,1-2H3,(H,19,20). The number of rotatable bonds is 2. The Hall–Kier alpha value is -2.28. The first-order valence-electron chi connectivity index (χ1n) is 7.33. The molecular formula is C16H17F2N3O2. The first-order valence-corrected chi connectivity index (χ1v) is 7.33. The van der Waals surface area contributed by atoms with Gasteiger partial charge in [0.25, 0.3) is 5.91 Å². The fraction of sp³-hybridized carbons (Fsp3) is 0.375. The Kier molecular flexibility index (Phi) is 4.12. The molecule has 1 aromatic heterocycles. The van der Waals surface area contributed by atoms with Gasteiger partial charge in [0, 0.05) is 29.4 Å². The van der Waals surface area contributed by atoms with Gasteiger partial charge >= 0.3 is 0 Å². The van der Waals surface area contributed by atoms with Gasteiger partial charge in [-0.3, -0.25) is 9.89 Å². The maximum atomic E-state index is 13.4. The van der Waals surface area contributed by atoms with Gasteiger partial charge in [0.15, 0.2) is 0 Å². The number of amides is 1. The van der Waals surface area contributed by atoms with E-state index >= 15 is 0 Å². The summed E-state index contributed by atoms with van der Waals surface area (Å²) in [6.07, 6.45) is 0. The minimum absolute atomic E-state index is 0.00630. The van der Waals surface area contributed by atoms with E-state index in [1.165, 1.54) is 0 Å². The second kappa shape index (κ2) is 6.08. The molecule has 1 aromatic carbocycles. The van der Waals surface area contributed by atoms with Crippen LogP contribution in [0.4, 0.5) is 8.78 Å². The number of aryl methyl sites for hydroxylation is 2. The molecule has 0 radical (unpaired) electrons. The Balaban J connectivity index is 1.97. The molecule has 2 aromatic rings. The quantitative estimate of drug-likeness (QED) is 0.925. The molecule has 0 saturated carbocycles. The van der Waals surface area contributed by atoms with Gasteiger partial charge in [0.2, 0.25) is 0 Å². The lowest BCUT2D eigenvalue weighted by molar-refractivity contribution is -0.00305. The average molecular weight is 321 g/mol. The van der Waals surface area contributed by atoms with Crippen LogP contribution in [0.3, 0.4) is 0 Å². The number of benzene rings is 1. The van der Waals surface area contributed by atoms with E-state index in [0.29, 0.717) is 19.8 Å². The predicted molar refractivity (Wildman–Crippen MR) is 79.0 cm³/mol. The maximum absolute atomic E-state index is 13.4. The topological polar surface area (TPSA) is 58.2 Å². The van der Waals surface area contributed by atoms with E-state index in [1.54, 1.807) is 4.90 Å². The van der Waals surface area contributed by atoms with Gasteiger partial charge in [-0.05, 0) is 26.0 Å². The number of morpholine rings is 1. The SMILES string of the molecule is Cc1n[nH]c(C)c1C1COCCN1C(=O)c1cc(F)cc(F)c1. The Labute approximate surface area is 132 Å². The average Bonchev–Trinajstić information content (AvgIpc) is 2.84. The molecule has 1 aliphatic heterocycles. The van der Waals surface area contributed by atoms with Gasteiger partial charge in [-0.25, -0.2) is 8.78 Å². The van der Waals surface area contributed by atoms with Crippen molar-refractivity contribution in [3.8, 4) is 0 Å². The summed E-state index contributed by atoms with van der Waals surface area (Å²) in [6.45, 7) is 4.78. The summed E-state index contributed by atoms with van der Waals surface area (Å²) in [7, 11) is 0. The van der Waals surface area contributed by atoms with Crippen molar-refractivity contribution in [3.63, 3.8) is 0 Å². The highest BCUT2D eigenvalue weighted by Gasteiger charge is 2.32. The number of aromatic amines is 1. The molecule has 1 fully saturated rings. The van der Waals surface area contributed by atoms with Crippen LogP contribution in [0.5, 0.6) is 0 Å². The van der Waals surface area contributed by atoms with Gasteiger partial charge in [0.05, 0.1) is 24.9 Å². The van der Waals surface area contributed by atoms with Crippen LogP contribution in [0.2, 0.25) is 0 Å². The first kappa shape index (κ1) is 15.6. The third-order valence-electron chi connectivity index (χ3n) is 4.02. The number of ether oxygens (including phenoxy) is 1. The number of halogens is 2. The molecule has 2 heterocycles. The third-order valence-corrected chi connectivity index (χ3v) is 4.02. The normalized spacial score (nSPS) is 18.3. The minimum atomic E-state index is -0.770. The molecule has 5 nitrogen and oxygen atoms in total. The summed E-state index contributed by atoms with van der Waals surface area (Å²) in [5.74, 6) is -1.96. The van der Waals surface area contributed by atoms with Crippen molar-refractivity contribution in [2.75, 3.05) is 19.8 Å². The molecule has 1 aliphatic rings. The van der Waals surface area contributed by atoms with Crippen molar-refractivity contribution in [2.45, 2.75) is 19.9 Å². The highest BCUT2D eigenvalue weighted by Crippen LogP contribution is 2.29.